The monoisotopic (exact) mass is 916 g/mol. The van der Waals surface area contributed by atoms with Gasteiger partial charge in [0.2, 0.25) is 19.2 Å². The van der Waals surface area contributed by atoms with Crippen LogP contribution >= 0.6 is 0 Å². The smallest absolute Gasteiger partial charge is 0.320 e. The van der Waals surface area contributed by atoms with E-state index in [1.54, 1.807) is 5.32 Å². The lowest BCUT2D eigenvalue weighted by atomic mass is 9.91. The highest BCUT2D eigenvalue weighted by atomic mass is 16.5. The fourth-order valence-corrected chi connectivity index (χ4v) is 9.20. The zero-order valence-electron chi connectivity index (χ0n) is 39.4. The second kappa shape index (κ2) is 25.4. The van der Waals surface area contributed by atoms with Gasteiger partial charge in [0.05, 0.1) is 11.3 Å². The van der Waals surface area contributed by atoms with Crippen LogP contribution in [0.2, 0.25) is 0 Å². The second-order valence-corrected chi connectivity index (χ2v) is 17.8. The van der Waals surface area contributed by atoms with E-state index < -0.39 is 0 Å². The average Bonchev–Trinajstić information content (AvgIpc) is 3.35. The van der Waals surface area contributed by atoms with Gasteiger partial charge in [-0.05, 0) is 131 Å². The number of carbonyl (C=O) groups excluding carboxylic acids is 4. The van der Waals surface area contributed by atoms with Crippen molar-refractivity contribution >= 4 is 48.3 Å². The Morgan fingerprint density at radius 3 is 2.19 bits per heavy atom. The molecule has 358 valence electrons. The summed E-state index contributed by atoms with van der Waals surface area (Å²) in [5.41, 5.74) is 11.5. The van der Waals surface area contributed by atoms with Gasteiger partial charge < -0.3 is 40.7 Å². The number of aromatic nitrogens is 2. The first-order chi connectivity index (χ1) is 32.6. The van der Waals surface area contributed by atoms with Crippen LogP contribution in [0.15, 0.2) is 79.1 Å². The van der Waals surface area contributed by atoms with Gasteiger partial charge in [-0.15, -0.1) is 0 Å². The van der Waals surface area contributed by atoms with Crippen LogP contribution in [0.1, 0.15) is 87.5 Å². The Morgan fingerprint density at radius 1 is 0.881 bits per heavy atom. The van der Waals surface area contributed by atoms with Crippen LogP contribution in [-0.4, -0.2) is 132 Å². The fourth-order valence-electron chi connectivity index (χ4n) is 9.20. The molecule has 1 atom stereocenters. The molecule has 0 saturated carbocycles. The van der Waals surface area contributed by atoms with Crippen LogP contribution in [0.4, 0.5) is 22.1 Å². The number of amides is 5. The molecule has 5 amide bonds. The fraction of sp³-hybridized carbons (Fsp3) is 0.471. The van der Waals surface area contributed by atoms with Crippen LogP contribution in [0.3, 0.4) is 0 Å². The highest BCUT2D eigenvalue weighted by Gasteiger charge is 2.30. The molecule has 5 N–H and O–H groups in total. The number of likely N-dealkylation sites (tertiary alicyclic amines) is 1. The number of nitrogens with zero attached hydrogens (tertiary/aromatic N) is 7. The number of hydrogen-bond donors (Lipinski definition) is 4. The van der Waals surface area contributed by atoms with E-state index in [0.29, 0.717) is 55.1 Å². The SMILES string of the molecule is CCCC(C)N(C=O)Cc1cc(N2CCC(CCCN3CCN(C(=O)N4CCC(Nc5ncnc(N)c5C(=N)c5ccc(Oc6ccccc6)cc5)CC4)CC3)CC2)ccc1C.O=CNC=O. The highest BCUT2D eigenvalue weighted by molar-refractivity contribution is 6.16. The number of carbonyl (C=O) groups is 4. The van der Waals surface area contributed by atoms with Crippen LogP contribution in [0, 0.1) is 18.3 Å². The van der Waals surface area contributed by atoms with Crippen LogP contribution < -0.4 is 26.0 Å². The molecule has 3 aliphatic heterocycles. The van der Waals surface area contributed by atoms with Crippen LogP contribution in [0.5, 0.6) is 11.5 Å². The summed E-state index contributed by atoms with van der Waals surface area (Å²) in [6, 6.07) is 24.2. The van der Waals surface area contributed by atoms with Crippen molar-refractivity contribution in [1.29, 1.82) is 5.41 Å². The molecule has 7 rings (SSSR count). The van der Waals surface area contributed by atoms with Gasteiger partial charge in [0.25, 0.3) is 0 Å². The molecule has 3 aliphatic rings. The van der Waals surface area contributed by atoms with E-state index in [9.17, 15) is 9.59 Å². The number of benzene rings is 3. The van der Waals surface area contributed by atoms with Gasteiger partial charge in [-0.3, -0.25) is 24.7 Å². The normalized spacial score (nSPS) is 16.3. The third kappa shape index (κ3) is 14.2. The minimum Gasteiger partial charge on any atom is -0.457 e. The number of hydrogen-bond acceptors (Lipinski definition) is 12. The molecule has 1 unspecified atom stereocenters. The molecule has 3 fully saturated rings. The number of rotatable bonds is 19. The molecule has 0 aliphatic carbocycles. The van der Waals surface area contributed by atoms with Crippen molar-refractivity contribution in [3.63, 3.8) is 0 Å². The lowest BCUT2D eigenvalue weighted by molar-refractivity contribution is -0.120. The Balaban J connectivity index is 0.00000141. The lowest BCUT2D eigenvalue weighted by Gasteiger charge is -2.40. The summed E-state index contributed by atoms with van der Waals surface area (Å²) in [5, 5.41) is 14.3. The van der Waals surface area contributed by atoms with E-state index in [1.165, 1.54) is 48.8 Å². The van der Waals surface area contributed by atoms with Gasteiger partial charge in [0.15, 0.2) is 0 Å². The Morgan fingerprint density at radius 2 is 1.55 bits per heavy atom. The summed E-state index contributed by atoms with van der Waals surface area (Å²) < 4.78 is 5.93. The number of aryl methyl sites for hydroxylation is 1. The molecule has 3 saturated heterocycles. The molecular formula is C51H69N11O5. The van der Waals surface area contributed by atoms with E-state index in [1.807, 2.05) is 69.3 Å². The van der Waals surface area contributed by atoms with E-state index >= 15 is 0 Å². The molecule has 16 heteroatoms. The van der Waals surface area contributed by atoms with Crippen molar-refractivity contribution in [3.05, 3.63) is 101 Å². The number of piperazine rings is 1. The molecule has 4 heterocycles. The molecule has 67 heavy (non-hydrogen) atoms. The number of nitrogens with two attached hydrogens (primary N) is 1. The largest absolute Gasteiger partial charge is 0.457 e. The maximum Gasteiger partial charge on any atom is 0.320 e. The summed E-state index contributed by atoms with van der Waals surface area (Å²) in [7, 11) is 0. The minimum absolute atomic E-state index is 0.0888. The molecule has 3 aromatic carbocycles. The minimum atomic E-state index is 0.0888. The summed E-state index contributed by atoms with van der Waals surface area (Å²) in [6.07, 6.45) is 11.6. The van der Waals surface area contributed by atoms with Crippen molar-refractivity contribution in [3.8, 4) is 11.5 Å². The quantitative estimate of drug-likeness (QED) is 0.0564. The molecule has 0 radical (unpaired) electrons. The first-order valence-electron chi connectivity index (χ1n) is 23.8. The maximum absolute atomic E-state index is 13.6. The van der Waals surface area contributed by atoms with Crippen molar-refractivity contribution in [2.45, 2.75) is 90.8 Å². The molecule has 0 spiro atoms. The van der Waals surface area contributed by atoms with Crippen molar-refractivity contribution < 1.29 is 23.9 Å². The zero-order chi connectivity index (χ0) is 47.5. The number of piperidine rings is 2. The van der Waals surface area contributed by atoms with E-state index in [4.69, 9.17) is 25.5 Å². The lowest BCUT2D eigenvalue weighted by Crippen LogP contribution is -2.54. The van der Waals surface area contributed by atoms with Crippen molar-refractivity contribution in [2.24, 2.45) is 5.92 Å². The van der Waals surface area contributed by atoms with Gasteiger partial charge in [-0.2, -0.15) is 0 Å². The van der Waals surface area contributed by atoms with Crippen LogP contribution in [-0.2, 0) is 20.9 Å². The van der Waals surface area contributed by atoms with Crippen molar-refractivity contribution in [1.82, 2.24) is 34.9 Å². The topological polar surface area (TPSA) is 193 Å². The van der Waals surface area contributed by atoms with Gasteiger partial charge in [-0.1, -0.05) is 37.6 Å². The predicted octanol–water partition coefficient (Wildman–Crippen LogP) is 6.92. The number of imide groups is 1. The van der Waals surface area contributed by atoms with Gasteiger partial charge in [-0.25, -0.2) is 14.8 Å². The molecule has 16 nitrogen and oxygen atoms in total. The third-order valence-electron chi connectivity index (χ3n) is 13.3. The zero-order valence-corrected chi connectivity index (χ0v) is 39.4. The molecular weight excluding hydrogens is 847 g/mol. The number of nitrogen functional groups attached to an aromatic ring is 1. The Bertz CT molecular complexity index is 2200. The third-order valence-corrected chi connectivity index (χ3v) is 13.3. The number of anilines is 3. The van der Waals surface area contributed by atoms with Gasteiger partial charge in [0, 0.05) is 82.2 Å². The maximum atomic E-state index is 13.6. The van der Waals surface area contributed by atoms with Gasteiger partial charge >= 0.3 is 6.03 Å². The molecule has 4 aromatic rings. The number of nitrogens with one attached hydrogen (secondary N) is 3. The summed E-state index contributed by atoms with van der Waals surface area (Å²) in [5.74, 6) is 2.95. The standard InChI is InChI=1S/C49H66N10O3.C2H3NO2/c1-4-9-37(3)59(35-60)33-40-32-42(16-13-36(40)2)56-24-19-38(20-25-56)10-8-23-55-28-30-58(31-29-55)49(61)57-26-21-41(22-27-57)54-48-45(47(51)52-34-53-48)46(50)39-14-17-44(18-15-39)62-43-11-6-5-7-12-43;4-1-3-2-5/h5-7,11-18,32,34-35,37-38,41,50H,4,8-10,19-31,33H2,1-3H3,(H3,51,52,53,54);1-2H,(H,3,4,5). The predicted molar refractivity (Wildman–Crippen MR) is 264 cm³/mol. The number of urea groups is 1. The van der Waals surface area contributed by atoms with E-state index in [2.05, 4.69) is 64.1 Å². The van der Waals surface area contributed by atoms with Crippen LogP contribution in [0.25, 0.3) is 0 Å². The number of para-hydroxylation sites is 1. The Labute approximate surface area is 395 Å². The summed E-state index contributed by atoms with van der Waals surface area (Å²) in [6.45, 7) is 15.1. The van der Waals surface area contributed by atoms with Gasteiger partial charge in [0.1, 0.15) is 29.5 Å². The molecule has 1 aromatic heterocycles. The average molecular weight is 916 g/mol. The Hall–Kier alpha value is -6.55. The highest BCUT2D eigenvalue weighted by Crippen LogP contribution is 2.30. The van der Waals surface area contributed by atoms with Crippen molar-refractivity contribution in [2.75, 3.05) is 74.9 Å². The molecule has 0 bridgehead atoms. The van der Waals surface area contributed by atoms with E-state index in [-0.39, 0.29) is 29.6 Å². The summed E-state index contributed by atoms with van der Waals surface area (Å²) >= 11 is 0. The summed E-state index contributed by atoms with van der Waals surface area (Å²) in [4.78, 5) is 63.3. The Kier molecular flexibility index (Phi) is 18.9. The van der Waals surface area contributed by atoms with E-state index in [0.717, 1.165) is 89.6 Å². The first kappa shape index (κ1) is 49.9. The second-order valence-electron chi connectivity index (χ2n) is 17.8. The first-order valence-corrected chi connectivity index (χ1v) is 23.8. The number of ether oxygens (including phenoxy) is 1.